The number of rotatable bonds is 4. The van der Waals surface area contributed by atoms with Crippen LogP contribution in [0.1, 0.15) is 28.8 Å². The zero-order valence-electron chi connectivity index (χ0n) is 14.7. The van der Waals surface area contributed by atoms with Crippen molar-refractivity contribution in [2.75, 3.05) is 18.1 Å². The summed E-state index contributed by atoms with van der Waals surface area (Å²) in [6, 6.07) is 10.7. The number of aryl methyl sites for hydroxylation is 1. The molecule has 0 bridgehead atoms. The van der Waals surface area contributed by atoms with Crippen LogP contribution in [0.3, 0.4) is 0 Å². The largest absolute Gasteiger partial charge is 0.376 e. The van der Waals surface area contributed by atoms with Crippen molar-refractivity contribution in [1.29, 1.82) is 0 Å². The first kappa shape index (κ1) is 18.7. The quantitative estimate of drug-likeness (QED) is 0.540. The maximum absolute atomic E-state index is 13.2. The molecule has 1 aliphatic rings. The molecule has 27 heavy (non-hydrogen) atoms. The highest BCUT2D eigenvalue weighted by molar-refractivity contribution is 7.22. The molecular formula is C20H18Cl2N2O2S. The van der Waals surface area contributed by atoms with Crippen molar-refractivity contribution in [1.82, 2.24) is 4.98 Å². The van der Waals surface area contributed by atoms with Gasteiger partial charge in [-0.3, -0.25) is 9.69 Å². The zero-order valence-corrected chi connectivity index (χ0v) is 17.1. The number of anilines is 1. The Morgan fingerprint density at radius 2 is 2.04 bits per heavy atom. The molecule has 3 aromatic rings. The summed E-state index contributed by atoms with van der Waals surface area (Å²) in [6.45, 7) is 3.19. The molecule has 0 spiro atoms. The molecule has 1 aliphatic heterocycles. The number of benzene rings is 2. The Morgan fingerprint density at radius 1 is 1.26 bits per heavy atom. The van der Waals surface area contributed by atoms with Gasteiger partial charge >= 0.3 is 0 Å². The summed E-state index contributed by atoms with van der Waals surface area (Å²) in [6.07, 6.45) is 1.99. The molecule has 0 N–H and O–H groups in total. The second-order valence-corrected chi connectivity index (χ2v) is 8.51. The van der Waals surface area contributed by atoms with E-state index < -0.39 is 0 Å². The number of thiazole rings is 1. The summed E-state index contributed by atoms with van der Waals surface area (Å²) in [7, 11) is 0. The lowest BCUT2D eigenvalue weighted by molar-refractivity contribution is 0.0917. The van der Waals surface area contributed by atoms with E-state index in [0.29, 0.717) is 27.3 Å². The van der Waals surface area contributed by atoms with Crippen molar-refractivity contribution in [2.45, 2.75) is 25.9 Å². The third-order valence-corrected chi connectivity index (χ3v) is 6.11. The molecule has 0 saturated carbocycles. The predicted octanol–water partition coefficient (Wildman–Crippen LogP) is 5.74. The van der Waals surface area contributed by atoms with Gasteiger partial charge in [-0.2, -0.15) is 0 Å². The van der Waals surface area contributed by atoms with Gasteiger partial charge in [-0.05, 0) is 61.7 Å². The Balaban J connectivity index is 1.74. The van der Waals surface area contributed by atoms with E-state index in [-0.39, 0.29) is 12.0 Å². The van der Waals surface area contributed by atoms with Crippen LogP contribution in [0, 0.1) is 6.92 Å². The van der Waals surface area contributed by atoms with Crippen LogP contribution in [-0.4, -0.2) is 30.1 Å². The Labute approximate surface area is 171 Å². The fourth-order valence-corrected chi connectivity index (χ4v) is 4.80. The van der Waals surface area contributed by atoms with Crippen LogP contribution in [0.2, 0.25) is 10.0 Å². The minimum Gasteiger partial charge on any atom is -0.376 e. The summed E-state index contributed by atoms with van der Waals surface area (Å²) < 4.78 is 6.74. The van der Waals surface area contributed by atoms with Gasteiger partial charge in [-0.1, -0.05) is 34.5 Å². The average molecular weight is 421 g/mol. The number of fused-ring (bicyclic) bond motifs is 1. The second-order valence-electron chi connectivity index (χ2n) is 6.62. The topological polar surface area (TPSA) is 42.4 Å². The molecule has 7 heteroatoms. The van der Waals surface area contributed by atoms with Gasteiger partial charge in [0.15, 0.2) is 5.13 Å². The van der Waals surface area contributed by atoms with Crippen LogP contribution < -0.4 is 4.90 Å². The summed E-state index contributed by atoms with van der Waals surface area (Å²) in [4.78, 5) is 19.7. The normalized spacial score (nSPS) is 16.8. The van der Waals surface area contributed by atoms with E-state index in [1.54, 1.807) is 29.2 Å². The van der Waals surface area contributed by atoms with Crippen LogP contribution in [0.25, 0.3) is 10.2 Å². The molecule has 4 rings (SSSR count). The molecule has 1 amide bonds. The highest BCUT2D eigenvalue weighted by Crippen LogP contribution is 2.34. The van der Waals surface area contributed by atoms with E-state index >= 15 is 0 Å². The van der Waals surface area contributed by atoms with Gasteiger partial charge in [0.05, 0.1) is 22.9 Å². The molecular weight excluding hydrogens is 403 g/mol. The molecule has 2 aromatic carbocycles. The van der Waals surface area contributed by atoms with E-state index in [9.17, 15) is 4.79 Å². The molecule has 1 atom stereocenters. The maximum atomic E-state index is 13.2. The summed E-state index contributed by atoms with van der Waals surface area (Å²) in [5.41, 5.74) is 2.45. The molecule has 0 radical (unpaired) electrons. The fraction of sp³-hybridized carbons (Fsp3) is 0.300. The molecule has 1 aromatic heterocycles. The van der Waals surface area contributed by atoms with Crippen molar-refractivity contribution in [3.8, 4) is 0 Å². The molecule has 0 aliphatic carbocycles. The third-order valence-electron chi connectivity index (χ3n) is 4.62. The Kier molecular flexibility index (Phi) is 5.37. The number of ether oxygens (including phenoxy) is 1. The monoisotopic (exact) mass is 420 g/mol. The van der Waals surface area contributed by atoms with E-state index in [2.05, 4.69) is 0 Å². The molecule has 140 valence electrons. The van der Waals surface area contributed by atoms with Crippen molar-refractivity contribution in [2.24, 2.45) is 0 Å². The number of hydrogen-bond donors (Lipinski definition) is 0. The highest BCUT2D eigenvalue weighted by atomic mass is 35.5. The number of amides is 1. The van der Waals surface area contributed by atoms with Gasteiger partial charge in [-0.25, -0.2) is 4.98 Å². The fourth-order valence-electron chi connectivity index (χ4n) is 3.25. The zero-order chi connectivity index (χ0) is 19.0. The number of halogens is 2. The van der Waals surface area contributed by atoms with Crippen LogP contribution >= 0.6 is 34.5 Å². The third kappa shape index (κ3) is 3.97. The average Bonchev–Trinajstić information content (AvgIpc) is 3.29. The summed E-state index contributed by atoms with van der Waals surface area (Å²) in [5.74, 6) is -0.107. The molecule has 1 unspecified atom stereocenters. The first-order valence-corrected chi connectivity index (χ1v) is 10.3. The van der Waals surface area contributed by atoms with E-state index in [1.165, 1.54) is 11.3 Å². The Hall–Kier alpha value is -1.66. The molecule has 1 saturated heterocycles. The Bertz CT molecular complexity index is 982. The minimum absolute atomic E-state index is 0.0259. The van der Waals surface area contributed by atoms with Crippen molar-refractivity contribution < 1.29 is 9.53 Å². The lowest BCUT2D eigenvalue weighted by atomic mass is 10.2. The standard InChI is InChI=1S/C20H18Cl2N2O2S/c1-12-9-15(22)10-17-18(12)23-20(27-17)24(11-16-3-2-8-26-16)19(25)13-4-6-14(21)7-5-13/h4-7,9-10,16H,2-3,8,11H2,1H3. The number of hydrogen-bond acceptors (Lipinski definition) is 4. The number of carbonyl (C=O) groups is 1. The van der Waals surface area contributed by atoms with E-state index in [0.717, 1.165) is 35.2 Å². The van der Waals surface area contributed by atoms with Crippen molar-refractivity contribution in [3.05, 3.63) is 57.6 Å². The van der Waals surface area contributed by atoms with Gasteiger partial charge in [0.25, 0.3) is 5.91 Å². The lowest BCUT2D eigenvalue weighted by Crippen LogP contribution is -2.37. The van der Waals surface area contributed by atoms with Crippen LogP contribution in [0.15, 0.2) is 36.4 Å². The van der Waals surface area contributed by atoms with Gasteiger partial charge in [0, 0.05) is 22.2 Å². The lowest BCUT2D eigenvalue weighted by Gasteiger charge is -2.23. The number of aromatic nitrogens is 1. The predicted molar refractivity (Wildman–Crippen MR) is 111 cm³/mol. The van der Waals surface area contributed by atoms with Gasteiger partial charge in [0.1, 0.15) is 0 Å². The van der Waals surface area contributed by atoms with Crippen LogP contribution in [-0.2, 0) is 4.74 Å². The number of carbonyl (C=O) groups excluding carboxylic acids is 1. The maximum Gasteiger partial charge on any atom is 0.260 e. The minimum atomic E-state index is -0.107. The smallest absolute Gasteiger partial charge is 0.260 e. The molecule has 2 heterocycles. The van der Waals surface area contributed by atoms with Gasteiger partial charge in [-0.15, -0.1) is 0 Å². The van der Waals surface area contributed by atoms with Crippen molar-refractivity contribution in [3.63, 3.8) is 0 Å². The first-order chi connectivity index (χ1) is 13.0. The van der Waals surface area contributed by atoms with Gasteiger partial charge < -0.3 is 4.74 Å². The van der Waals surface area contributed by atoms with Gasteiger partial charge in [0.2, 0.25) is 0 Å². The highest BCUT2D eigenvalue weighted by Gasteiger charge is 2.27. The molecule has 4 nitrogen and oxygen atoms in total. The Morgan fingerprint density at radius 3 is 2.74 bits per heavy atom. The second kappa shape index (κ2) is 7.76. The van der Waals surface area contributed by atoms with E-state index in [1.807, 2.05) is 19.1 Å². The first-order valence-electron chi connectivity index (χ1n) is 8.77. The summed E-state index contributed by atoms with van der Waals surface area (Å²) in [5, 5.41) is 1.93. The van der Waals surface area contributed by atoms with Crippen LogP contribution in [0.5, 0.6) is 0 Å². The van der Waals surface area contributed by atoms with E-state index in [4.69, 9.17) is 32.9 Å². The summed E-state index contributed by atoms with van der Waals surface area (Å²) >= 11 is 13.6. The number of nitrogens with zero attached hydrogens (tertiary/aromatic N) is 2. The van der Waals surface area contributed by atoms with Crippen LogP contribution in [0.4, 0.5) is 5.13 Å². The van der Waals surface area contributed by atoms with Crippen molar-refractivity contribution >= 4 is 55.8 Å². The molecule has 1 fully saturated rings. The SMILES string of the molecule is Cc1cc(Cl)cc2sc(N(CC3CCCO3)C(=O)c3ccc(Cl)cc3)nc12.